The third kappa shape index (κ3) is 3.41. The van der Waals surface area contributed by atoms with Gasteiger partial charge in [0, 0.05) is 6.42 Å². The first-order valence-corrected chi connectivity index (χ1v) is 8.43. The largest absolute Gasteiger partial charge is 0.481 e. The van der Waals surface area contributed by atoms with Crippen LogP contribution in [0.4, 0.5) is 0 Å². The first-order valence-electron chi connectivity index (χ1n) is 8.43. The molecule has 0 amide bonds. The highest BCUT2D eigenvalue weighted by atomic mass is 16.4. The van der Waals surface area contributed by atoms with Gasteiger partial charge in [-0.15, -0.1) is 0 Å². The number of aliphatic carboxylic acids is 1. The van der Waals surface area contributed by atoms with Crippen LogP contribution in [0.2, 0.25) is 0 Å². The Balaban J connectivity index is 2.10. The molecule has 0 aromatic carbocycles. The molecule has 2 nitrogen and oxygen atoms in total. The molecule has 0 spiro atoms. The van der Waals surface area contributed by atoms with Gasteiger partial charge in [0.15, 0.2) is 0 Å². The molecule has 2 heteroatoms. The molecule has 0 fully saturated rings. The molecule has 1 N–H and O–H groups in total. The number of carboxylic acids is 1. The van der Waals surface area contributed by atoms with Crippen LogP contribution >= 0.6 is 0 Å². The van der Waals surface area contributed by atoms with Gasteiger partial charge in [-0.3, -0.25) is 4.79 Å². The summed E-state index contributed by atoms with van der Waals surface area (Å²) >= 11 is 0. The zero-order chi connectivity index (χ0) is 15.6. The van der Waals surface area contributed by atoms with Crippen molar-refractivity contribution < 1.29 is 9.90 Å². The topological polar surface area (TPSA) is 37.3 Å². The molecular weight excluding hydrogens is 260 g/mol. The number of fused-ring (bicyclic) bond motifs is 1. The van der Waals surface area contributed by atoms with Crippen molar-refractivity contribution in [1.29, 1.82) is 0 Å². The Kier molecular flexibility index (Phi) is 4.95. The highest BCUT2D eigenvalue weighted by molar-refractivity contribution is 5.66. The smallest absolute Gasteiger partial charge is 0.303 e. The van der Waals surface area contributed by atoms with Gasteiger partial charge in [-0.1, -0.05) is 38.5 Å². The summed E-state index contributed by atoms with van der Waals surface area (Å²) in [7, 11) is 0. The minimum absolute atomic E-state index is 0.279. The molecule has 0 aliphatic heterocycles. The lowest BCUT2D eigenvalue weighted by molar-refractivity contribution is -0.138. The van der Waals surface area contributed by atoms with Gasteiger partial charge in [0.05, 0.1) is 0 Å². The number of rotatable bonds is 5. The van der Waals surface area contributed by atoms with E-state index in [2.05, 4.69) is 39.8 Å². The van der Waals surface area contributed by atoms with Crippen LogP contribution in [0, 0.1) is 23.2 Å². The maximum atomic E-state index is 10.9. The van der Waals surface area contributed by atoms with Crippen molar-refractivity contribution >= 4 is 5.97 Å². The lowest BCUT2D eigenvalue weighted by Crippen LogP contribution is -2.39. The summed E-state index contributed by atoms with van der Waals surface area (Å²) < 4.78 is 0. The van der Waals surface area contributed by atoms with Crippen LogP contribution in [-0.4, -0.2) is 11.1 Å². The lowest BCUT2D eigenvalue weighted by Gasteiger charge is -2.49. The highest BCUT2D eigenvalue weighted by Crippen LogP contribution is 2.53. The van der Waals surface area contributed by atoms with Crippen LogP contribution in [0.15, 0.2) is 23.3 Å². The molecule has 0 radical (unpaired) electrons. The molecule has 2 rings (SSSR count). The van der Waals surface area contributed by atoms with Crippen molar-refractivity contribution in [1.82, 2.24) is 0 Å². The van der Waals surface area contributed by atoms with Crippen molar-refractivity contribution in [2.24, 2.45) is 23.2 Å². The fourth-order valence-corrected chi connectivity index (χ4v) is 4.30. The molecule has 4 atom stereocenters. The summed E-state index contributed by atoms with van der Waals surface area (Å²) in [5.41, 5.74) is 3.38. The predicted molar refractivity (Wildman–Crippen MR) is 87.1 cm³/mol. The number of carbonyl (C=O) groups is 1. The fourth-order valence-electron chi connectivity index (χ4n) is 4.30. The first kappa shape index (κ1) is 16.3. The molecule has 2 aliphatic rings. The van der Waals surface area contributed by atoms with E-state index in [1.807, 2.05) is 0 Å². The zero-order valence-corrected chi connectivity index (χ0v) is 14.0. The number of carboxylic acid groups (broad SMARTS) is 1. The van der Waals surface area contributed by atoms with Gasteiger partial charge in [0.1, 0.15) is 0 Å². The van der Waals surface area contributed by atoms with E-state index in [1.165, 1.54) is 24.8 Å². The quantitative estimate of drug-likeness (QED) is 0.755. The van der Waals surface area contributed by atoms with Gasteiger partial charge < -0.3 is 5.11 Å². The SMILES string of the molecule is CC1=CCC[C@H]2C1=CC[C@@H](C)[C@]2(C)CCC(C)CC(=O)O. The van der Waals surface area contributed by atoms with Gasteiger partial charge in [0.25, 0.3) is 0 Å². The van der Waals surface area contributed by atoms with Crippen molar-refractivity contribution in [3.8, 4) is 0 Å². The Morgan fingerprint density at radius 2 is 2.19 bits per heavy atom. The molecular formula is C19H30O2. The Labute approximate surface area is 129 Å². The molecule has 0 heterocycles. The van der Waals surface area contributed by atoms with E-state index >= 15 is 0 Å². The summed E-state index contributed by atoms with van der Waals surface area (Å²) in [4.78, 5) is 10.9. The van der Waals surface area contributed by atoms with Gasteiger partial charge in [-0.25, -0.2) is 0 Å². The Hall–Kier alpha value is -1.05. The summed E-state index contributed by atoms with van der Waals surface area (Å²) in [6.07, 6.45) is 10.9. The van der Waals surface area contributed by atoms with Gasteiger partial charge in [-0.2, -0.15) is 0 Å². The molecule has 118 valence electrons. The van der Waals surface area contributed by atoms with E-state index in [4.69, 9.17) is 5.11 Å². The minimum atomic E-state index is -0.665. The number of allylic oxidation sites excluding steroid dienone is 4. The third-order valence-corrected chi connectivity index (χ3v) is 6.05. The molecule has 21 heavy (non-hydrogen) atoms. The summed E-state index contributed by atoms with van der Waals surface area (Å²) in [5, 5.41) is 8.94. The predicted octanol–water partition coefficient (Wildman–Crippen LogP) is 5.21. The molecule has 0 bridgehead atoms. The van der Waals surface area contributed by atoms with Crippen molar-refractivity contribution in [3.63, 3.8) is 0 Å². The van der Waals surface area contributed by atoms with E-state index in [-0.39, 0.29) is 5.92 Å². The first-order chi connectivity index (χ1) is 9.84. The van der Waals surface area contributed by atoms with E-state index in [0.717, 1.165) is 12.8 Å². The van der Waals surface area contributed by atoms with Crippen molar-refractivity contribution in [2.45, 2.75) is 66.2 Å². The maximum absolute atomic E-state index is 10.9. The molecule has 0 aromatic rings. The average Bonchev–Trinajstić information content (AvgIpc) is 2.41. The van der Waals surface area contributed by atoms with E-state index in [9.17, 15) is 4.79 Å². The minimum Gasteiger partial charge on any atom is -0.481 e. The van der Waals surface area contributed by atoms with Crippen LogP contribution in [-0.2, 0) is 4.79 Å². The molecule has 1 unspecified atom stereocenters. The van der Waals surface area contributed by atoms with Gasteiger partial charge >= 0.3 is 5.97 Å². The summed E-state index contributed by atoms with van der Waals surface area (Å²) in [6.45, 7) is 9.15. The second-order valence-corrected chi connectivity index (χ2v) is 7.56. The lowest BCUT2D eigenvalue weighted by atomic mass is 9.56. The van der Waals surface area contributed by atoms with Crippen LogP contribution in [0.5, 0.6) is 0 Å². The number of hydrogen-bond donors (Lipinski definition) is 1. The normalized spacial score (nSPS) is 33.7. The van der Waals surface area contributed by atoms with E-state index in [1.54, 1.807) is 5.57 Å². The highest BCUT2D eigenvalue weighted by Gasteiger charge is 2.43. The molecule has 2 aliphatic carbocycles. The second kappa shape index (κ2) is 6.37. The summed E-state index contributed by atoms with van der Waals surface area (Å²) in [6, 6.07) is 0. The van der Waals surface area contributed by atoms with Gasteiger partial charge in [-0.05, 0) is 67.8 Å². The maximum Gasteiger partial charge on any atom is 0.303 e. The van der Waals surface area contributed by atoms with Crippen LogP contribution in [0.3, 0.4) is 0 Å². The van der Waals surface area contributed by atoms with E-state index < -0.39 is 5.97 Å². The molecule has 0 saturated heterocycles. The Morgan fingerprint density at radius 1 is 1.48 bits per heavy atom. The third-order valence-electron chi connectivity index (χ3n) is 6.05. The molecule has 0 saturated carbocycles. The van der Waals surface area contributed by atoms with Crippen LogP contribution in [0.1, 0.15) is 66.2 Å². The Morgan fingerprint density at radius 3 is 2.86 bits per heavy atom. The molecule has 0 aromatic heterocycles. The van der Waals surface area contributed by atoms with Crippen molar-refractivity contribution in [2.75, 3.05) is 0 Å². The summed E-state index contributed by atoms with van der Waals surface area (Å²) in [5.74, 6) is 0.972. The van der Waals surface area contributed by atoms with Crippen LogP contribution in [0.25, 0.3) is 0 Å². The standard InChI is InChI=1S/C19H30O2/c1-13(12-18(20)21)10-11-19(4)15(3)8-9-16-14(2)6-5-7-17(16)19/h6,9,13,15,17H,5,7-8,10-12H2,1-4H3,(H,20,21)/t13?,15-,17+,19+/m1/s1. The monoisotopic (exact) mass is 290 g/mol. The average molecular weight is 290 g/mol. The van der Waals surface area contributed by atoms with Crippen molar-refractivity contribution in [3.05, 3.63) is 23.3 Å². The van der Waals surface area contributed by atoms with Gasteiger partial charge in [0.2, 0.25) is 0 Å². The van der Waals surface area contributed by atoms with Crippen LogP contribution < -0.4 is 0 Å². The van der Waals surface area contributed by atoms with E-state index in [0.29, 0.717) is 23.7 Å². The fraction of sp³-hybridized carbons (Fsp3) is 0.737. The Bertz CT molecular complexity index is 460. The zero-order valence-electron chi connectivity index (χ0n) is 14.0. The number of hydrogen-bond acceptors (Lipinski definition) is 1. The second-order valence-electron chi connectivity index (χ2n) is 7.56.